The molecule has 0 spiro atoms. The smallest absolute Gasteiger partial charge is 0.257 e. The number of methoxy groups -OCH3 is 2. The van der Waals surface area contributed by atoms with Crippen LogP contribution in [0.5, 0.6) is 11.5 Å². The zero-order chi connectivity index (χ0) is 19.4. The van der Waals surface area contributed by atoms with Gasteiger partial charge in [-0.3, -0.25) is 9.59 Å². The van der Waals surface area contributed by atoms with Gasteiger partial charge in [-0.15, -0.1) is 12.4 Å². The summed E-state index contributed by atoms with van der Waals surface area (Å²) >= 11 is 0. The van der Waals surface area contributed by atoms with Gasteiger partial charge >= 0.3 is 0 Å². The number of hydrogen-bond donors (Lipinski definition) is 1. The van der Waals surface area contributed by atoms with Crippen LogP contribution < -0.4 is 15.2 Å². The van der Waals surface area contributed by atoms with Crippen LogP contribution in [0, 0.1) is 0 Å². The minimum absolute atomic E-state index is 0. The third kappa shape index (κ3) is 4.51. The highest BCUT2D eigenvalue weighted by molar-refractivity contribution is 5.97. The van der Waals surface area contributed by atoms with Crippen LogP contribution in [-0.2, 0) is 9.53 Å². The molecule has 8 nitrogen and oxygen atoms in total. The molecule has 2 fully saturated rings. The SMILES string of the molecule is COc1ccc(C(=O)N2CCN(C(=O)C3(N)CCOCC3)CC2)c(OC)c1.Cl. The van der Waals surface area contributed by atoms with Gasteiger partial charge in [0.2, 0.25) is 5.91 Å². The van der Waals surface area contributed by atoms with Gasteiger partial charge in [-0.2, -0.15) is 0 Å². The number of carbonyl (C=O) groups excluding carboxylic acids is 2. The Morgan fingerprint density at radius 1 is 1.04 bits per heavy atom. The van der Waals surface area contributed by atoms with Gasteiger partial charge in [0.25, 0.3) is 5.91 Å². The molecule has 2 heterocycles. The second-order valence-corrected chi connectivity index (χ2v) is 6.92. The second-order valence-electron chi connectivity index (χ2n) is 6.92. The molecule has 0 atom stereocenters. The normalized spacial score (nSPS) is 18.8. The summed E-state index contributed by atoms with van der Waals surface area (Å²) in [7, 11) is 3.09. The molecule has 0 aliphatic carbocycles. The first-order chi connectivity index (χ1) is 13.0. The average molecular weight is 414 g/mol. The Kier molecular flexibility index (Phi) is 7.51. The van der Waals surface area contributed by atoms with E-state index in [0.717, 1.165) is 0 Å². The predicted molar refractivity (Wildman–Crippen MR) is 106 cm³/mol. The van der Waals surface area contributed by atoms with Crippen LogP contribution in [0.1, 0.15) is 23.2 Å². The molecule has 2 amide bonds. The van der Waals surface area contributed by atoms with Crippen molar-refractivity contribution in [2.45, 2.75) is 18.4 Å². The van der Waals surface area contributed by atoms with Gasteiger partial charge < -0.3 is 29.7 Å². The number of piperazine rings is 1. The molecule has 0 radical (unpaired) electrons. The summed E-state index contributed by atoms with van der Waals surface area (Å²) in [5.74, 6) is 0.944. The fourth-order valence-electron chi connectivity index (χ4n) is 3.52. The maximum atomic E-state index is 12.9. The Hall–Kier alpha value is -2.03. The Morgan fingerprint density at radius 2 is 1.64 bits per heavy atom. The second kappa shape index (κ2) is 9.45. The van der Waals surface area contributed by atoms with Crippen molar-refractivity contribution in [1.82, 2.24) is 9.80 Å². The van der Waals surface area contributed by atoms with Crippen LogP contribution in [0.2, 0.25) is 0 Å². The molecule has 0 saturated carbocycles. The summed E-state index contributed by atoms with van der Waals surface area (Å²) < 4.78 is 15.8. The van der Waals surface area contributed by atoms with Crippen LogP contribution >= 0.6 is 12.4 Å². The summed E-state index contributed by atoms with van der Waals surface area (Å²) in [6.45, 7) is 2.90. The number of nitrogens with zero attached hydrogens (tertiary/aromatic N) is 2. The van der Waals surface area contributed by atoms with Crippen molar-refractivity contribution in [2.75, 3.05) is 53.6 Å². The molecule has 0 bridgehead atoms. The van der Waals surface area contributed by atoms with Gasteiger partial charge in [-0.25, -0.2) is 0 Å². The fraction of sp³-hybridized carbons (Fsp3) is 0.579. The summed E-state index contributed by atoms with van der Waals surface area (Å²) in [6.07, 6.45) is 1.07. The summed E-state index contributed by atoms with van der Waals surface area (Å²) in [5.41, 5.74) is 5.94. The van der Waals surface area contributed by atoms with Gasteiger partial charge in [0, 0.05) is 45.5 Å². The minimum Gasteiger partial charge on any atom is -0.497 e. The molecule has 2 aliphatic rings. The van der Waals surface area contributed by atoms with Gasteiger partial charge in [0.1, 0.15) is 11.5 Å². The first-order valence-corrected chi connectivity index (χ1v) is 9.16. The van der Waals surface area contributed by atoms with E-state index in [-0.39, 0.29) is 24.2 Å². The van der Waals surface area contributed by atoms with Gasteiger partial charge in [0.15, 0.2) is 0 Å². The summed E-state index contributed by atoms with van der Waals surface area (Å²) in [5, 5.41) is 0. The molecule has 0 aromatic heterocycles. The van der Waals surface area contributed by atoms with Crippen molar-refractivity contribution < 1.29 is 23.8 Å². The Bertz CT molecular complexity index is 701. The lowest BCUT2D eigenvalue weighted by atomic mass is 9.89. The van der Waals surface area contributed by atoms with Crippen molar-refractivity contribution in [2.24, 2.45) is 5.73 Å². The number of hydrogen-bond acceptors (Lipinski definition) is 6. The largest absolute Gasteiger partial charge is 0.497 e. The Balaban J connectivity index is 0.00000280. The molecule has 0 unspecified atom stereocenters. The highest BCUT2D eigenvalue weighted by Crippen LogP contribution is 2.27. The van der Waals surface area contributed by atoms with E-state index in [0.29, 0.717) is 69.3 Å². The maximum absolute atomic E-state index is 12.9. The number of halogens is 1. The fourth-order valence-corrected chi connectivity index (χ4v) is 3.52. The molecule has 2 saturated heterocycles. The molecule has 1 aromatic rings. The van der Waals surface area contributed by atoms with Gasteiger partial charge in [0.05, 0.1) is 25.3 Å². The number of ether oxygens (including phenoxy) is 3. The van der Waals surface area contributed by atoms with Crippen LogP contribution in [0.3, 0.4) is 0 Å². The van der Waals surface area contributed by atoms with Gasteiger partial charge in [-0.1, -0.05) is 0 Å². The highest BCUT2D eigenvalue weighted by Gasteiger charge is 2.40. The Labute approximate surface area is 171 Å². The summed E-state index contributed by atoms with van der Waals surface area (Å²) in [4.78, 5) is 29.2. The predicted octanol–water partition coefficient (Wildman–Crippen LogP) is 0.918. The Morgan fingerprint density at radius 3 is 2.21 bits per heavy atom. The maximum Gasteiger partial charge on any atom is 0.257 e. The average Bonchev–Trinajstić information content (AvgIpc) is 2.72. The van der Waals surface area contributed by atoms with E-state index >= 15 is 0 Å². The molecule has 1 aromatic carbocycles. The topological polar surface area (TPSA) is 94.3 Å². The van der Waals surface area contributed by atoms with E-state index in [4.69, 9.17) is 19.9 Å². The highest BCUT2D eigenvalue weighted by atomic mass is 35.5. The molecule has 2 aliphatic heterocycles. The van der Waals surface area contributed by atoms with Crippen LogP contribution in [0.15, 0.2) is 18.2 Å². The third-order valence-electron chi connectivity index (χ3n) is 5.30. The third-order valence-corrected chi connectivity index (χ3v) is 5.30. The zero-order valence-corrected chi connectivity index (χ0v) is 17.1. The number of rotatable bonds is 4. The molecule has 3 rings (SSSR count). The van der Waals surface area contributed by atoms with Crippen LogP contribution in [0.4, 0.5) is 0 Å². The number of benzene rings is 1. The molecule has 156 valence electrons. The number of carbonyl (C=O) groups is 2. The number of nitrogens with two attached hydrogens (primary N) is 1. The summed E-state index contributed by atoms with van der Waals surface area (Å²) in [6, 6.07) is 5.13. The van der Waals surface area contributed by atoms with Crippen LogP contribution in [0.25, 0.3) is 0 Å². The molecular formula is C19H28ClN3O5. The van der Waals surface area contributed by atoms with E-state index in [1.807, 2.05) is 0 Å². The standard InChI is InChI=1S/C19H27N3O5.ClH/c1-25-14-3-4-15(16(13-14)26-2)17(23)21-7-9-22(10-8-21)18(24)19(20)5-11-27-12-6-19;/h3-4,13H,5-12,20H2,1-2H3;1H. The quantitative estimate of drug-likeness (QED) is 0.788. The van der Waals surface area contributed by atoms with Crippen molar-refractivity contribution in [3.8, 4) is 11.5 Å². The monoisotopic (exact) mass is 413 g/mol. The lowest BCUT2D eigenvalue weighted by Gasteiger charge is -2.41. The van der Waals surface area contributed by atoms with E-state index < -0.39 is 5.54 Å². The zero-order valence-electron chi connectivity index (χ0n) is 16.3. The first kappa shape index (κ1) is 22.3. The lowest BCUT2D eigenvalue weighted by molar-refractivity contribution is -0.142. The van der Waals surface area contributed by atoms with Gasteiger partial charge in [-0.05, 0) is 25.0 Å². The molecule has 28 heavy (non-hydrogen) atoms. The van der Waals surface area contributed by atoms with E-state index in [9.17, 15) is 9.59 Å². The van der Waals surface area contributed by atoms with Crippen molar-refractivity contribution >= 4 is 24.2 Å². The van der Waals surface area contributed by atoms with E-state index in [1.165, 1.54) is 7.11 Å². The van der Waals surface area contributed by atoms with Crippen LogP contribution in [-0.4, -0.2) is 80.8 Å². The number of amides is 2. The van der Waals surface area contributed by atoms with Crippen molar-refractivity contribution in [3.05, 3.63) is 23.8 Å². The van der Waals surface area contributed by atoms with Crippen molar-refractivity contribution in [1.29, 1.82) is 0 Å². The molecule has 2 N–H and O–H groups in total. The molecular weight excluding hydrogens is 386 g/mol. The van der Waals surface area contributed by atoms with E-state index in [1.54, 1.807) is 35.1 Å². The minimum atomic E-state index is -0.844. The van der Waals surface area contributed by atoms with Crippen molar-refractivity contribution in [3.63, 3.8) is 0 Å². The molecule has 9 heteroatoms. The van der Waals surface area contributed by atoms with E-state index in [2.05, 4.69) is 0 Å². The first-order valence-electron chi connectivity index (χ1n) is 9.16. The lowest BCUT2D eigenvalue weighted by Crippen LogP contribution is -2.61.